The minimum atomic E-state index is 0.473. The molecule has 1 aliphatic heterocycles. The quantitative estimate of drug-likeness (QED) is 0.486. The van der Waals surface area contributed by atoms with Crippen molar-refractivity contribution in [1.82, 2.24) is 25.5 Å². The van der Waals surface area contributed by atoms with E-state index in [9.17, 15) is 0 Å². The molecule has 0 radical (unpaired) electrons. The number of thiazole rings is 2. The molecule has 6 nitrogen and oxygen atoms in total. The number of piperidine rings is 1. The van der Waals surface area contributed by atoms with Crippen LogP contribution in [0.5, 0.6) is 0 Å². The molecule has 160 valence electrons. The summed E-state index contributed by atoms with van der Waals surface area (Å²) in [5.41, 5.74) is 2.38. The fraction of sp³-hybridized carbons (Fsp3) is 0.667. The van der Waals surface area contributed by atoms with Gasteiger partial charge in [-0.05, 0) is 51.6 Å². The van der Waals surface area contributed by atoms with Gasteiger partial charge in [0, 0.05) is 30.4 Å². The predicted octanol–water partition coefficient (Wildman–Crippen LogP) is 4.00. The highest BCUT2D eigenvalue weighted by Gasteiger charge is 2.20. The first-order valence-electron chi connectivity index (χ1n) is 10.6. The highest BCUT2D eigenvalue weighted by molar-refractivity contribution is 7.09. The van der Waals surface area contributed by atoms with Crippen molar-refractivity contribution in [3.8, 4) is 0 Å². The third-order valence-corrected chi connectivity index (χ3v) is 6.87. The molecule has 0 spiro atoms. The Morgan fingerprint density at radius 2 is 2.00 bits per heavy atom. The van der Waals surface area contributed by atoms with Crippen LogP contribution in [-0.2, 0) is 13.1 Å². The minimum Gasteiger partial charge on any atom is -0.357 e. The van der Waals surface area contributed by atoms with Gasteiger partial charge in [0.15, 0.2) is 5.96 Å². The van der Waals surface area contributed by atoms with Gasteiger partial charge in [0.1, 0.15) is 5.01 Å². The van der Waals surface area contributed by atoms with Gasteiger partial charge in [-0.1, -0.05) is 13.8 Å². The Kier molecular flexibility index (Phi) is 8.44. The fourth-order valence-corrected chi connectivity index (χ4v) is 4.93. The highest BCUT2D eigenvalue weighted by Crippen LogP contribution is 2.20. The Balaban J connectivity index is 1.43. The summed E-state index contributed by atoms with van der Waals surface area (Å²) >= 11 is 3.45. The summed E-state index contributed by atoms with van der Waals surface area (Å²) in [5.74, 6) is 2.06. The molecule has 0 aliphatic carbocycles. The van der Waals surface area contributed by atoms with Gasteiger partial charge in [0.25, 0.3) is 0 Å². The van der Waals surface area contributed by atoms with Gasteiger partial charge in [-0.25, -0.2) is 15.0 Å². The van der Waals surface area contributed by atoms with Crippen LogP contribution in [0.25, 0.3) is 0 Å². The smallest absolute Gasteiger partial charge is 0.191 e. The molecule has 0 amide bonds. The summed E-state index contributed by atoms with van der Waals surface area (Å²) in [6, 6.07) is 0. The van der Waals surface area contributed by atoms with Crippen LogP contribution in [0.15, 0.2) is 15.8 Å². The van der Waals surface area contributed by atoms with Gasteiger partial charge in [-0.2, -0.15) is 0 Å². The molecule has 3 heterocycles. The summed E-state index contributed by atoms with van der Waals surface area (Å²) in [6.45, 7) is 14.3. The van der Waals surface area contributed by atoms with Crippen molar-refractivity contribution in [2.24, 2.45) is 10.9 Å². The largest absolute Gasteiger partial charge is 0.357 e. The van der Waals surface area contributed by atoms with Crippen LogP contribution in [0.4, 0.5) is 0 Å². The van der Waals surface area contributed by atoms with Gasteiger partial charge < -0.3 is 10.6 Å². The van der Waals surface area contributed by atoms with Gasteiger partial charge >= 0.3 is 0 Å². The van der Waals surface area contributed by atoms with Crippen LogP contribution in [0, 0.1) is 12.8 Å². The van der Waals surface area contributed by atoms with Gasteiger partial charge in [-0.15, -0.1) is 22.7 Å². The molecular weight excluding hydrogens is 400 g/mol. The lowest BCUT2D eigenvalue weighted by atomic mass is 9.97. The molecule has 3 rings (SSSR count). The number of aliphatic imine (C=N–C) groups is 1. The molecule has 1 saturated heterocycles. The minimum absolute atomic E-state index is 0.473. The number of rotatable bonds is 8. The van der Waals surface area contributed by atoms with Crippen molar-refractivity contribution in [1.29, 1.82) is 0 Å². The Morgan fingerprint density at radius 1 is 1.21 bits per heavy atom. The lowest BCUT2D eigenvalue weighted by Gasteiger charge is -2.31. The van der Waals surface area contributed by atoms with Crippen molar-refractivity contribution >= 4 is 28.6 Å². The highest BCUT2D eigenvalue weighted by atomic mass is 32.1. The molecule has 1 aliphatic rings. The van der Waals surface area contributed by atoms with E-state index < -0.39 is 0 Å². The van der Waals surface area contributed by atoms with Crippen molar-refractivity contribution < 1.29 is 0 Å². The van der Waals surface area contributed by atoms with E-state index >= 15 is 0 Å². The first-order valence-corrected chi connectivity index (χ1v) is 12.4. The van der Waals surface area contributed by atoms with E-state index in [4.69, 9.17) is 4.99 Å². The standard InChI is InChI=1S/C21H34N6S2/c1-5-22-21(24-11-20-26-19(14-29-20)15(2)3)23-10-17-6-8-27(9-7-17)12-18-13-28-16(4)25-18/h13-15,17H,5-12H2,1-4H3,(H2,22,23,24). The lowest BCUT2D eigenvalue weighted by molar-refractivity contribution is 0.176. The molecule has 1 fully saturated rings. The monoisotopic (exact) mass is 434 g/mol. The van der Waals surface area contributed by atoms with Crippen molar-refractivity contribution in [2.75, 3.05) is 26.2 Å². The topological polar surface area (TPSA) is 65.4 Å². The molecule has 0 unspecified atom stereocenters. The number of nitrogens with zero attached hydrogens (tertiary/aromatic N) is 4. The second-order valence-corrected chi connectivity index (χ2v) is 9.98. The summed E-state index contributed by atoms with van der Waals surface area (Å²) in [4.78, 5) is 16.5. The van der Waals surface area contributed by atoms with E-state index in [2.05, 4.69) is 64.0 Å². The van der Waals surface area contributed by atoms with E-state index in [0.717, 1.165) is 54.4 Å². The third-order valence-electron chi connectivity index (χ3n) is 5.20. The zero-order valence-corrected chi connectivity index (χ0v) is 19.7. The van der Waals surface area contributed by atoms with E-state index in [-0.39, 0.29) is 0 Å². The first-order chi connectivity index (χ1) is 14.0. The van der Waals surface area contributed by atoms with Crippen LogP contribution in [-0.4, -0.2) is 47.0 Å². The number of hydrogen-bond acceptors (Lipinski definition) is 6. The predicted molar refractivity (Wildman–Crippen MR) is 124 cm³/mol. The molecule has 2 aromatic heterocycles. The fourth-order valence-electron chi connectivity index (χ4n) is 3.45. The van der Waals surface area contributed by atoms with Crippen LogP contribution in [0.1, 0.15) is 60.9 Å². The lowest BCUT2D eigenvalue weighted by Crippen LogP contribution is -2.42. The average Bonchev–Trinajstić information content (AvgIpc) is 3.34. The number of hydrogen-bond donors (Lipinski definition) is 2. The zero-order valence-electron chi connectivity index (χ0n) is 18.1. The molecule has 2 aromatic rings. The number of nitrogens with one attached hydrogen (secondary N) is 2. The van der Waals surface area contributed by atoms with Gasteiger partial charge in [-0.3, -0.25) is 4.90 Å². The van der Waals surface area contributed by atoms with Crippen molar-refractivity contribution in [3.05, 3.63) is 32.2 Å². The maximum atomic E-state index is 4.74. The second-order valence-electron chi connectivity index (χ2n) is 7.97. The number of guanidine groups is 1. The molecular formula is C21H34N6S2. The Bertz CT molecular complexity index is 774. The molecule has 2 N–H and O–H groups in total. The van der Waals surface area contributed by atoms with Gasteiger partial charge in [0.05, 0.1) is 22.9 Å². The summed E-state index contributed by atoms with van der Waals surface area (Å²) in [7, 11) is 0. The van der Waals surface area contributed by atoms with E-state index in [0.29, 0.717) is 18.4 Å². The number of likely N-dealkylation sites (tertiary alicyclic amines) is 1. The SMILES string of the molecule is CCNC(=NCc1nc(C(C)C)cs1)NCC1CCN(Cc2csc(C)n2)CC1. The average molecular weight is 435 g/mol. The maximum absolute atomic E-state index is 4.74. The van der Waals surface area contributed by atoms with Crippen LogP contribution in [0.3, 0.4) is 0 Å². The number of aromatic nitrogens is 2. The molecule has 8 heteroatoms. The Morgan fingerprint density at radius 3 is 2.62 bits per heavy atom. The van der Waals surface area contributed by atoms with Gasteiger partial charge in [0.2, 0.25) is 0 Å². The van der Waals surface area contributed by atoms with Crippen molar-refractivity contribution in [3.63, 3.8) is 0 Å². The van der Waals surface area contributed by atoms with Crippen LogP contribution < -0.4 is 10.6 Å². The van der Waals surface area contributed by atoms with E-state index in [1.54, 1.807) is 22.7 Å². The maximum Gasteiger partial charge on any atom is 0.191 e. The normalized spacial score (nSPS) is 16.5. The van der Waals surface area contributed by atoms with E-state index in [1.165, 1.54) is 18.5 Å². The van der Waals surface area contributed by atoms with E-state index in [1.807, 2.05) is 0 Å². The van der Waals surface area contributed by atoms with Crippen LogP contribution in [0.2, 0.25) is 0 Å². The second kappa shape index (κ2) is 11.0. The molecule has 29 heavy (non-hydrogen) atoms. The molecule has 0 atom stereocenters. The molecule has 0 saturated carbocycles. The third kappa shape index (κ3) is 7.04. The first kappa shape index (κ1) is 22.2. The van der Waals surface area contributed by atoms with Crippen LogP contribution >= 0.6 is 22.7 Å². The summed E-state index contributed by atoms with van der Waals surface area (Å²) in [5, 5.41) is 13.5. The molecule has 0 bridgehead atoms. The summed E-state index contributed by atoms with van der Waals surface area (Å²) < 4.78 is 0. The van der Waals surface area contributed by atoms with Crippen molar-refractivity contribution in [2.45, 2.75) is 59.5 Å². The summed E-state index contributed by atoms with van der Waals surface area (Å²) in [6.07, 6.45) is 2.44. The molecule has 0 aromatic carbocycles. The Labute approximate surface area is 182 Å². The zero-order chi connectivity index (χ0) is 20.6. The Hall–Kier alpha value is -1.51. The number of aryl methyl sites for hydroxylation is 1.